The fourth-order valence-electron chi connectivity index (χ4n) is 2.92. The smallest absolute Gasteiger partial charge is 0.196 e. The topological polar surface area (TPSA) is 77.6 Å². The van der Waals surface area contributed by atoms with Crippen molar-refractivity contribution in [2.75, 3.05) is 11.5 Å². The number of nitrogens with two attached hydrogens (primary N) is 3. The fraction of sp³-hybridized carbons (Fsp3) is 0. The Morgan fingerprint density at radius 2 is 1.21 bits per heavy atom. The Kier molecular flexibility index (Phi) is 5.93. The minimum absolute atomic E-state index is 0. The van der Waals surface area contributed by atoms with Crippen molar-refractivity contribution in [3.63, 3.8) is 0 Å². The summed E-state index contributed by atoms with van der Waals surface area (Å²) in [4.78, 5) is 2.35. The van der Waals surface area contributed by atoms with Crippen molar-refractivity contribution in [3.8, 4) is 0 Å². The van der Waals surface area contributed by atoms with Gasteiger partial charge in [-0.15, -0.1) is 0 Å². The molecule has 0 saturated carbocycles. The van der Waals surface area contributed by atoms with Crippen molar-refractivity contribution >= 4 is 39.3 Å². The largest absolute Gasteiger partial charge is 1.00 e. The Labute approximate surface area is 175 Å². The van der Waals surface area contributed by atoms with E-state index in [1.807, 2.05) is 36.4 Å². The van der Waals surface area contributed by atoms with Crippen molar-refractivity contribution in [2.45, 2.75) is 0 Å². The van der Waals surface area contributed by atoms with Crippen LogP contribution >= 0.6 is 11.8 Å². The molecule has 0 fully saturated rings. The van der Waals surface area contributed by atoms with E-state index in [9.17, 15) is 0 Å². The molecular weight excluding hydrogens is 386 g/mol. The molecule has 0 bridgehead atoms. The van der Waals surface area contributed by atoms with Crippen LogP contribution in [0.25, 0.3) is 10.5 Å². The first-order valence-corrected chi connectivity index (χ1v) is 9.46. The molecule has 1 aliphatic heterocycles. The van der Waals surface area contributed by atoms with E-state index in [4.69, 9.17) is 16.9 Å². The Bertz CT molecular complexity index is 1040. The van der Waals surface area contributed by atoms with Crippen molar-refractivity contribution < 1.29 is 17.8 Å². The molecule has 0 aromatic heterocycles. The number of allylic oxidation sites excluding steroid dienone is 8. The van der Waals surface area contributed by atoms with Crippen LogP contribution in [0, 0.1) is 0 Å². The van der Waals surface area contributed by atoms with Gasteiger partial charge in [-0.1, -0.05) is 36.0 Å². The number of thioether (sulfide) groups is 1. The highest BCUT2D eigenvalue weighted by molar-refractivity contribution is 8.12. The Morgan fingerprint density at radius 1 is 0.679 bits per heavy atom. The summed E-state index contributed by atoms with van der Waals surface area (Å²) in [6.07, 6.45) is 12.4. The van der Waals surface area contributed by atoms with E-state index in [1.54, 1.807) is 11.8 Å². The maximum absolute atomic E-state index is 5.85. The van der Waals surface area contributed by atoms with Gasteiger partial charge in [0, 0.05) is 33.3 Å². The first kappa shape index (κ1) is 19.8. The van der Waals surface area contributed by atoms with Crippen LogP contribution in [0.4, 0.5) is 11.4 Å². The number of benzene rings is 2. The molecule has 0 unspecified atom stereocenters. The van der Waals surface area contributed by atoms with E-state index < -0.39 is 0 Å². The molecule has 6 N–H and O–H groups in total. The minimum Gasteiger partial charge on any atom is -1.00 e. The molecule has 0 amide bonds. The molecule has 0 spiro atoms. The van der Waals surface area contributed by atoms with Gasteiger partial charge in [0.1, 0.15) is 0 Å². The molecule has 28 heavy (non-hydrogen) atoms. The first-order chi connectivity index (χ1) is 13.1. The van der Waals surface area contributed by atoms with Crippen LogP contribution in [0.1, 0.15) is 11.1 Å². The van der Waals surface area contributed by atoms with E-state index in [0.29, 0.717) is 0 Å². The lowest BCUT2D eigenvalue weighted by atomic mass is 10.0. The van der Waals surface area contributed by atoms with Gasteiger partial charge >= 0.3 is 0 Å². The van der Waals surface area contributed by atoms with Crippen LogP contribution in [-0.4, -0.2) is 5.71 Å². The van der Waals surface area contributed by atoms with Crippen LogP contribution < -0.4 is 29.3 Å². The normalized spacial score (nSPS) is 15.8. The number of anilines is 2. The van der Waals surface area contributed by atoms with Crippen LogP contribution in [0.5, 0.6) is 0 Å². The summed E-state index contributed by atoms with van der Waals surface area (Å²) in [6.45, 7) is 0. The third kappa shape index (κ3) is 4.30. The van der Waals surface area contributed by atoms with Gasteiger partial charge in [0.15, 0.2) is 5.71 Å². The van der Waals surface area contributed by atoms with Gasteiger partial charge in [-0.25, -0.2) is 0 Å². The average Bonchev–Trinajstić information content (AvgIpc) is 2.69. The molecular formula is C23H20ClN3S. The number of rotatable bonds is 2. The Morgan fingerprint density at radius 3 is 1.79 bits per heavy atom. The Balaban J connectivity index is 0.00000225. The molecule has 4 rings (SSSR count). The summed E-state index contributed by atoms with van der Waals surface area (Å²) in [6, 6.07) is 15.9. The highest BCUT2D eigenvalue weighted by atomic mass is 35.5. The van der Waals surface area contributed by atoms with Crippen LogP contribution in [0.2, 0.25) is 0 Å². The zero-order valence-corrected chi connectivity index (χ0v) is 16.7. The maximum Gasteiger partial charge on any atom is 0.196 e. The van der Waals surface area contributed by atoms with E-state index in [2.05, 4.69) is 48.6 Å². The number of hydrogen-bond acceptors (Lipinski definition) is 3. The molecule has 2 aliphatic rings. The molecule has 0 atom stereocenters. The SMILES string of the molecule is Nc1ccc(C2=CC(=C3C=CC(=[NH2+])C=C3)SC(c3ccc(N)cc3)=C2)cc1.[Cl-]. The monoisotopic (exact) mass is 405 g/mol. The van der Waals surface area contributed by atoms with Gasteiger partial charge in [0.05, 0.1) is 0 Å². The highest BCUT2D eigenvalue weighted by Gasteiger charge is 2.16. The summed E-state index contributed by atoms with van der Waals surface area (Å²) in [7, 11) is 0. The highest BCUT2D eigenvalue weighted by Crippen LogP contribution is 2.44. The van der Waals surface area contributed by atoms with Crippen LogP contribution in [0.3, 0.4) is 0 Å². The lowest BCUT2D eigenvalue weighted by Gasteiger charge is -2.19. The second-order valence-electron chi connectivity index (χ2n) is 6.44. The van der Waals surface area contributed by atoms with E-state index >= 15 is 0 Å². The van der Waals surface area contributed by atoms with Gasteiger partial charge in [-0.05, 0) is 70.8 Å². The number of nitrogen functional groups attached to an aromatic ring is 2. The average molecular weight is 406 g/mol. The summed E-state index contributed by atoms with van der Waals surface area (Å²) >= 11 is 1.75. The van der Waals surface area contributed by atoms with E-state index in [-0.39, 0.29) is 12.4 Å². The van der Waals surface area contributed by atoms with E-state index in [0.717, 1.165) is 39.4 Å². The molecule has 0 radical (unpaired) electrons. The number of halogens is 1. The van der Waals surface area contributed by atoms with E-state index in [1.165, 1.54) is 9.81 Å². The quantitative estimate of drug-likeness (QED) is 0.640. The molecule has 3 nitrogen and oxygen atoms in total. The van der Waals surface area contributed by atoms with Crippen molar-refractivity contribution in [2.24, 2.45) is 0 Å². The molecule has 140 valence electrons. The second-order valence-corrected chi connectivity index (χ2v) is 7.52. The molecule has 1 heterocycles. The molecule has 2 aromatic rings. The summed E-state index contributed by atoms with van der Waals surface area (Å²) < 4.78 is 0. The lowest BCUT2D eigenvalue weighted by Crippen LogP contribution is -3.00. The van der Waals surface area contributed by atoms with Crippen LogP contribution in [-0.2, 0) is 0 Å². The summed E-state index contributed by atoms with van der Waals surface area (Å²) in [5, 5.41) is 5.85. The van der Waals surface area contributed by atoms with Gasteiger partial charge < -0.3 is 23.9 Å². The molecule has 0 saturated heterocycles. The van der Waals surface area contributed by atoms with Gasteiger partial charge in [-0.2, -0.15) is 0 Å². The lowest BCUT2D eigenvalue weighted by molar-refractivity contribution is -0.110. The molecule has 5 heteroatoms. The molecule has 1 aliphatic carbocycles. The summed E-state index contributed by atoms with van der Waals surface area (Å²) in [5.41, 5.74) is 18.5. The Hall–Kier alpha value is -2.95. The van der Waals surface area contributed by atoms with Gasteiger partial charge in [0.25, 0.3) is 0 Å². The van der Waals surface area contributed by atoms with Crippen molar-refractivity contribution in [1.82, 2.24) is 0 Å². The number of hydrogen-bond donors (Lipinski definition) is 3. The zero-order chi connectivity index (χ0) is 18.8. The standard InChI is InChI=1S/C23H19N3S.ClH/c24-19-7-1-15(2-8-19)18-13-22(16-3-9-20(25)10-4-16)27-23(14-18)17-5-11-21(26)12-6-17;/h1-14,25H,24,26H2;1H. The van der Waals surface area contributed by atoms with Crippen molar-refractivity contribution in [1.29, 1.82) is 0 Å². The summed E-state index contributed by atoms with van der Waals surface area (Å²) in [5.74, 6) is 0. The van der Waals surface area contributed by atoms with Gasteiger partial charge in [-0.3, -0.25) is 5.41 Å². The zero-order valence-electron chi connectivity index (χ0n) is 15.1. The fourth-order valence-corrected chi connectivity index (χ4v) is 4.04. The minimum atomic E-state index is 0. The van der Waals surface area contributed by atoms with Crippen molar-refractivity contribution in [3.05, 3.63) is 107 Å². The second kappa shape index (κ2) is 8.38. The third-order valence-electron chi connectivity index (χ3n) is 4.43. The first-order valence-electron chi connectivity index (χ1n) is 8.64. The van der Waals surface area contributed by atoms with Crippen LogP contribution in [0.15, 0.2) is 95.5 Å². The predicted molar refractivity (Wildman–Crippen MR) is 117 cm³/mol. The van der Waals surface area contributed by atoms with Gasteiger partial charge in [0.2, 0.25) is 0 Å². The molecule has 2 aromatic carbocycles. The predicted octanol–water partition coefficient (Wildman–Crippen LogP) is 0.607. The third-order valence-corrected chi connectivity index (χ3v) is 5.57. The maximum atomic E-state index is 5.85.